The molecule has 17 heavy (non-hydrogen) atoms. The summed E-state index contributed by atoms with van der Waals surface area (Å²) in [5.41, 5.74) is 0. The Kier molecular flexibility index (Phi) is 4.41. The number of carbonyl (C=O) groups is 1. The van der Waals surface area contributed by atoms with Crippen LogP contribution < -0.4 is 0 Å². The maximum atomic E-state index is 11.7. The summed E-state index contributed by atoms with van der Waals surface area (Å²) in [6, 6.07) is 0. The van der Waals surface area contributed by atoms with Gasteiger partial charge in [-0.25, -0.2) is 0 Å². The number of esters is 1. The first-order valence-electron chi connectivity index (χ1n) is 6.53. The van der Waals surface area contributed by atoms with Gasteiger partial charge in [-0.05, 0) is 24.6 Å². The van der Waals surface area contributed by atoms with E-state index in [1.165, 1.54) is 0 Å². The van der Waals surface area contributed by atoms with Gasteiger partial charge in [0.2, 0.25) is 0 Å². The molecular weight excluding hydrogens is 232 g/mol. The molecule has 0 saturated carbocycles. The Balaban J connectivity index is 2.76. The molecule has 100 valence electrons. The first kappa shape index (κ1) is 14.7. The Labute approximate surface area is 106 Å². The van der Waals surface area contributed by atoms with Gasteiger partial charge < -0.3 is 9.16 Å². The van der Waals surface area contributed by atoms with E-state index in [1.54, 1.807) is 0 Å². The fourth-order valence-corrected chi connectivity index (χ4v) is 3.25. The lowest BCUT2D eigenvalue weighted by atomic mass is 9.95. The Hall–Kier alpha value is -0.353. The predicted octanol–water partition coefficient (Wildman–Crippen LogP) is 3.35. The van der Waals surface area contributed by atoms with Crippen LogP contribution >= 0.6 is 0 Å². The molecule has 0 amide bonds. The molecule has 0 aromatic rings. The number of ether oxygens (including phenoxy) is 1. The van der Waals surface area contributed by atoms with Crippen LogP contribution in [0.3, 0.4) is 0 Å². The zero-order chi connectivity index (χ0) is 13.3. The first-order chi connectivity index (χ1) is 7.69. The number of carbonyl (C=O) groups excluding carboxylic acids is 1. The summed E-state index contributed by atoms with van der Waals surface area (Å²) in [6.45, 7) is 13.7. The van der Waals surface area contributed by atoms with Gasteiger partial charge in [0.05, 0.1) is 18.6 Å². The van der Waals surface area contributed by atoms with Crippen LogP contribution in [0.2, 0.25) is 18.1 Å². The molecule has 0 radical (unpaired) electrons. The molecule has 0 aromatic heterocycles. The summed E-state index contributed by atoms with van der Waals surface area (Å²) in [7, 11) is -1.79. The molecule has 1 heterocycles. The molecule has 1 saturated heterocycles. The van der Waals surface area contributed by atoms with Crippen molar-refractivity contribution >= 4 is 14.3 Å². The molecule has 1 rings (SSSR count). The molecule has 3 nitrogen and oxygen atoms in total. The molecule has 0 N–H and O–H groups in total. The molecule has 2 atom stereocenters. The van der Waals surface area contributed by atoms with Crippen molar-refractivity contribution in [3.63, 3.8) is 0 Å². The third-order valence-electron chi connectivity index (χ3n) is 4.09. The van der Waals surface area contributed by atoms with E-state index in [9.17, 15) is 4.79 Å². The maximum absolute atomic E-state index is 11.7. The van der Waals surface area contributed by atoms with Crippen LogP contribution in [0.15, 0.2) is 0 Å². The van der Waals surface area contributed by atoms with Crippen molar-refractivity contribution in [2.24, 2.45) is 5.92 Å². The summed E-state index contributed by atoms with van der Waals surface area (Å²) >= 11 is 0. The lowest BCUT2D eigenvalue weighted by molar-refractivity contribution is -0.159. The molecule has 1 unspecified atom stereocenters. The number of hydrogen-bond donors (Lipinski definition) is 0. The average Bonchev–Trinajstić information content (AvgIpc) is 2.15. The smallest absolute Gasteiger partial charge is 0.311 e. The third kappa shape index (κ3) is 3.32. The van der Waals surface area contributed by atoms with E-state index >= 15 is 0 Å². The zero-order valence-electron chi connectivity index (χ0n) is 12.0. The minimum Gasteiger partial charge on any atom is -0.465 e. The van der Waals surface area contributed by atoms with Gasteiger partial charge in [0.1, 0.15) is 0 Å². The molecule has 1 aliphatic heterocycles. The zero-order valence-corrected chi connectivity index (χ0v) is 13.0. The largest absolute Gasteiger partial charge is 0.465 e. The van der Waals surface area contributed by atoms with Crippen molar-refractivity contribution in [1.82, 2.24) is 0 Å². The summed E-state index contributed by atoms with van der Waals surface area (Å²) in [4.78, 5) is 11.7. The topological polar surface area (TPSA) is 35.5 Å². The summed E-state index contributed by atoms with van der Waals surface area (Å²) in [6.07, 6.45) is 1.71. The molecule has 0 aromatic carbocycles. The van der Waals surface area contributed by atoms with E-state index in [1.807, 2.05) is 6.92 Å². The highest BCUT2D eigenvalue weighted by Gasteiger charge is 2.43. The number of hydrogen-bond acceptors (Lipinski definition) is 3. The van der Waals surface area contributed by atoms with Crippen molar-refractivity contribution in [2.75, 3.05) is 6.61 Å². The second-order valence-electron chi connectivity index (χ2n) is 6.39. The lowest BCUT2D eigenvalue weighted by Crippen LogP contribution is -2.49. The van der Waals surface area contributed by atoms with Gasteiger partial charge in [-0.2, -0.15) is 0 Å². The van der Waals surface area contributed by atoms with Gasteiger partial charge >= 0.3 is 5.97 Å². The standard InChI is InChI=1S/C13H26O3Si/c1-7-10-11(8-9-15-12(10)14)16-17(5,6)13(2,3)4/h10-11H,7-9H2,1-6H3/t10?,11-/m1/s1. The summed E-state index contributed by atoms with van der Waals surface area (Å²) in [5, 5.41) is 0.187. The van der Waals surface area contributed by atoms with Gasteiger partial charge in [-0.15, -0.1) is 0 Å². The number of rotatable bonds is 3. The highest BCUT2D eigenvalue weighted by atomic mass is 28.4. The van der Waals surface area contributed by atoms with Crippen LogP contribution in [0, 0.1) is 5.92 Å². The normalized spacial score (nSPS) is 26.8. The van der Waals surface area contributed by atoms with Crippen molar-refractivity contribution in [2.45, 2.75) is 64.8 Å². The molecule has 1 aliphatic rings. The first-order valence-corrected chi connectivity index (χ1v) is 9.44. The SMILES string of the molecule is CCC1C(=O)OCC[C@H]1O[Si](C)(C)C(C)(C)C. The molecule has 0 spiro atoms. The van der Waals surface area contributed by atoms with E-state index in [2.05, 4.69) is 33.9 Å². The van der Waals surface area contributed by atoms with Crippen LogP contribution in [0.4, 0.5) is 0 Å². The van der Waals surface area contributed by atoms with Gasteiger partial charge in [-0.3, -0.25) is 4.79 Å². The molecule has 1 fully saturated rings. The Morgan fingerprint density at radius 1 is 1.41 bits per heavy atom. The van der Waals surface area contributed by atoms with Crippen molar-refractivity contribution in [1.29, 1.82) is 0 Å². The molecular formula is C13H26O3Si. The van der Waals surface area contributed by atoms with Crippen LogP contribution in [-0.4, -0.2) is 27.0 Å². The number of cyclic esters (lactones) is 1. The van der Waals surface area contributed by atoms with Crippen LogP contribution in [0.25, 0.3) is 0 Å². The van der Waals surface area contributed by atoms with Crippen LogP contribution in [0.5, 0.6) is 0 Å². The summed E-state index contributed by atoms with van der Waals surface area (Å²) in [5.74, 6) is -0.152. The third-order valence-corrected chi connectivity index (χ3v) is 8.59. The second-order valence-corrected chi connectivity index (χ2v) is 11.1. The highest BCUT2D eigenvalue weighted by molar-refractivity contribution is 6.74. The fraction of sp³-hybridized carbons (Fsp3) is 0.923. The van der Waals surface area contributed by atoms with Crippen molar-refractivity contribution in [3.8, 4) is 0 Å². The minimum atomic E-state index is -1.79. The van der Waals surface area contributed by atoms with Crippen molar-refractivity contribution in [3.05, 3.63) is 0 Å². The molecule has 0 bridgehead atoms. The molecule has 4 heteroatoms. The second kappa shape index (κ2) is 5.10. The van der Waals surface area contributed by atoms with Gasteiger partial charge in [-0.1, -0.05) is 27.7 Å². The van der Waals surface area contributed by atoms with Gasteiger partial charge in [0.25, 0.3) is 0 Å². The van der Waals surface area contributed by atoms with E-state index in [0.29, 0.717) is 6.61 Å². The van der Waals surface area contributed by atoms with E-state index in [-0.39, 0.29) is 23.0 Å². The fourth-order valence-electron chi connectivity index (χ4n) is 1.86. The Bertz CT molecular complexity index is 281. The average molecular weight is 258 g/mol. The van der Waals surface area contributed by atoms with E-state index < -0.39 is 8.32 Å². The monoisotopic (exact) mass is 258 g/mol. The van der Waals surface area contributed by atoms with Crippen LogP contribution in [-0.2, 0) is 14.0 Å². The van der Waals surface area contributed by atoms with Gasteiger partial charge in [0, 0.05) is 6.42 Å². The van der Waals surface area contributed by atoms with Crippen molar-refractivity contribution < 1.29 is 14.0 Å². The van der Waals surface area contributed by atoms with Crippen LogP contribution in [0.1, 0.15) is 40.5 Å². The predicted molar refractivity (Wildman–Crippen MR) is 71.4 cm³/mol. The summed E-state index contributed by atoms with van der Waals surface area (Å²) < 4.78 is 11.5. The molecule has 0 aliphatic carbocycles. The highest BCUT2D eigenvalue weighted by Crippen LogP contribution is 2.39. The van der Waals surface area contributed by atoms with E-state index in [4.69, 9.17) is 9.16 Å². The lowest BCUT2D eigenvalue weighted by Gasteiger charge is -2.42. The quantitative estimate of drug-likeness (QED) is 0.575. The Morgan fingerprint density at radius 2 is 2.00 bits per heavy atom. The van der Waals surface area contributed by atoms with Gasteiger partial charge in [0.15, 0.2) is 8.32 Å². The Morgan fingerprint density at radius 3 is 2.47 bits per heavy atom. The maximum Gasteiger partial charge on any atom is 0.311 e. The van der Waals surface area contributed by atoms with E-state index in [0.717, 1.165) is 12.8 Å². The minimum absolute atomic E-state index is 0.0575.